The molecule has 1 aromatic carbocycles. The van der Waals surface area contributed by atoms with E-state index in [1.54, 1.807) is 0 Å². The van der Waals surface area contributed by atoms with Gasteiger partial charge in [-0.1, -0.05) is 41.9 Å². The predicted octanol–water partition coefficient (Wildman–Crippen LogP) is 4.98. The minimum absolute atomic E-state index is 0.225. The zero-order valence-electron chi connectivity index (χ0n) is 12.5. The largest absolute Gasteiger partial charge is 0.465 e. The van der Waals surface area contributed by atoms with Crippen LogP contribution in [0.3, 0.4) is 0 Å². The van der Waals surface area contributed by atoms with Crippen LogP contribution >= 0.6 is 27.3 Å². The van der Waals surface area contributed by atoms with Crippen molar-refractivity contribution in [2.75, 3.05) is 12.8 Å². The van der Waals surface area contributed by atoms with Crippen LogP contribution in [0, 0.1) is 6.92 Å². The summed E-state index contributed by atoms with van der Waals surface area (Å²) in [6.07, 6.45) is 0. The highest BCUT2D eigenvalue weighted by molar-refractivity contribution is 9.10. The van der Waals surface area contributed by atoms with E-state index in [0.717, 1.165) is 20.5 Å². The predicted molar refractivity (Wildman–Crippen MR) is 92.0 cm³/mol. The molecule has 0 amide bonds. The average Bonchev–Trinajstić information content (AvgIpc) is 2.75. The Hall–Kier alpha value is -1.33. The number of nitrogens with two attached hydrogens (primary N) is 1. The monoisotopic (exact) mass is 367 g/mol. The van der Waals surface area contributed by atoms with Crippen LogP contribution in [-0.4, -0.2) is 13.1 Å². The van der Waals surface area contributed by atoms with Gasteiger partial charge in [0.1, 0.15) is 4.88 Å². The molecular formula is C16H18BrNO2S. The summed E-state index contributed by atoms with van der Waals surface area (Å²) in [5.41, 5.74) is 9.96. The molecule has 0 aliphatic rings. The van der Waals surface area contributed by atoms with Crippen LogP contribution < -0.4 is 5.73 Å². The molecule has 2 N–H and O–H groups in total. The van der Waals surface area contributed by atoms with Crippen molar-refractivity contribution in [1.29, 1.82) is 0 Å². The molecular weight excluding hydrogens is 350 g/mol. The third kappa shape index (κ3) is 2.99. The lowest BCUT2D eigenvalue weighted by atomic mass is 9.98. The van der Waals surface area contributed by atoms with Gasteiger partial charge in [-0.2, -0.15) is 0 Å². The van der Waals surface area contributed by atoms with Gasteiger partial charge in [-0.15, -0.1) is 11.3 Å². The fraction of sp³-hybridized carbons (Fsp3) is 0.312. The Labute approximate surface area is 137 Å². The van der Waals surface area contributed by atoms with Crippen molar-refractivity contribution in [2.24, 2.45) is 0 Å². The molecule has 5 heteroatoms. The Bertz CT molecular complexity index is 692. The van der Waals surface area contributed by atoms with Gasteiger partial charge in [-0.3, -0.25) is 0 Å². The molecule has 0 saturated heterocycles. The highest BCUT2D eigenvalue weighted by Gasteiger charge is 2.24. The Morgan fingerprint density at radius 3 is 2.57 bits per heavy atom. The Morgan fingerprint density at radius 2 is 2.05 bits per heavy atom. The zero-order chi connectivity index (χ0) is 15.7. The summed E-state index contributed by atoms with van der Waals surface area (Å²) >= 11 is 5.00. The molecule has 21 heavy (non-hydrogen) atoms. The lowest BCUT2D eigenvalue weighted by Crippen LogP contribution is -2.03. The van der Waals surface area contributed by atoms with Crippen molar-refractivity contribution in [3.8, 4) is 10.4 Å². The maximum absolute atomic E-state index is 11.9. The summed E-state index contributed by atoms with van der Waals surface area (Å²) in [6, 6.07) is 6.17. The summed E-state index contributed by atoms with van der Waals surface area (Å²) in [7, 11) is 1.37. The molecule has 0 unspecified atom stereocenters. The molecule has 2 rings (SSSR count). The molecule has 0 saturated carbocycles. The van der Waals surface area contributed by atoms with Gasteiger partial charge < -0.3 is 10.5 Å². The van der Waals surface area contributed by atoms with Crippen molar-refractivity contribution >= 4 is 38.9 Å². The molecule has 0 spiro atoms. The van der Waals surface area contributed by atoms with Crippen molar-refractivity contribution in [3.63, 3.8) is 0 Å². The average molecular weight is 368 g/mol. The molecule has 112 valence electrons. The minimum atomic E-state index is -0.381. The van der Waals surface area contributed by atoms with Crippen molar-refractivity contribution in [2.45, 2.75) is 26.7 Å². The zero-order valence-corrected chi connectivity index (χ0v) is 14.9. The maximum atomic E-state index is 11.9. The van der Waals surface area contributed by atoms with Crippen LogP contribution in [0.2, 0.25) is 0 Å². The van der Waals surface area contributed by atoms with E-state index >= 15 is 0 Å². The highest BCUT2D eigenvalue weighted by atomic mass is 79.9. The van der Waals surface area contributed by atoms with Gasteiger partial charge in [0.15, 0.2) is 0 Å². The van der Waals surface area contributed by atoms with Gasteiger partial charge >= 0.3 is 5.97 Å². The number of hydrogen-bond acceptors (Lipinski definition) is 4. The second kappa shape index (κ2) is 6.20. The van der Waals surface area contributed by atoms with E-state index in [4.69, 9.17) is 10.5 Å². The smallest absolute Gasteiger partial charge is 0.350 e. The normalized spacial score (nSPS) is 11.0. The SMILES string of the molecule is COC(=O)c1sc(-c2ccc(C)cc2Br)c(C(C)C)c1N. The van der Waals surface area contributed by atoms with E-state index in [0.29, 0.717) is 10.6 Å². The second-order valence-electron chi connectivity index (χ2n) is 5.22. The fourth-order valence-electron chi connectivity index (χ4n) is 2.28. The van der Waals surface area contributed by atoms with Crippen LogP contribution in [0.15, 0.2) is 22.7 Å². The summed E-state index contributed by atoms with van der Waals surface area (Å²) in [4.78, 5) is 13.4. The number of hydrogen-bond donors (Lipinski definition) is 1. The van der Waals surface area contributed by atoms with Crippen molar-refractivity contribution < 1.29 is 9.53 Å². The number of halogens is 1. The lowest BCUT2D eigenvalue weighted by Gasteiger charge is -2.11. The van der Waals surface area contributed by atoms with Crippen LogP contribution in [0.4, 0.5) is 5.69 Å². The van der Waals surface area contributed by atoms with Crippen LogP contribution in [-0.2, 0) is 4.74 Å². The second-order valence-corrected chi connectivity index (χ2v) is 7.09. The molecule has 0 fully saturated rings. The quantitative estimate of drug-likeness (QED) is 0.778. The number of carbonyl (C=O) groups excluding carboxylic acids is 1. The lowest BCUT2D eigenvalue weighted by molar-refractivity contribution is 0.0607. The number of anilines is 1. The molecule has 2 aromatic rings. The van der Waals surface area contributed by atoms with E-state index in [1.807, 2.05) is 6.92 Å². The van der Waals surface area contributed by atoms with E-state index in [1.165, 1.54) is 24.0 Å². The number of methoxy groups -OCH3 is 1. The van der Waals surface area contributed by atoms with Gasteiger partial charge in [-0.25, -0.2) is 4.79 Å². The van der Waals surface area contributed by atoms with E-state index in [9.17, 15) is 4.79 Å². The Balaban J connectivity index is 2.70. The third-order valence-corrected chi connectivity index (χ3v) is 5.19. The van der Waals surface area contributed by atoms with Crippen molar-refractivity contribution in [1.82, 2.24) is 0 Å². The number of benzene rings is 1. The summed E-state index contributed by atoms with van der Waals surface area (Å²) < 4.78 is 5.83. The number of rotatable bonds is 3. The molecule has 0 bridgehead atoms. The number of thiophene rings is 1. The third-order valence-electron chi connectivity index (χ3n) is 3.30. The van der Waals surface area contributed by atoms with Crippen LogP contribution in [0.1, 0.15) is 40.6 Å². The summed E-state index contributed by atoms with van der Waals surface area (Å²) in [6.45, 7) is 6.19. The highest BCUT2D eigenvalue weighted by Crippen LogP contribution is 2.45. The Morgan fingerprint density at radius 1 is 1.38 bits per heavy atom. The fourth-order valence-corrected chi connectivity index (χ4v) is 4.44. The van der Waals surface area contributed by atoms with Crippen LogP contribution in [0.5, 0.6) is 0 Å². The van der Waals surface area contributed by atoms with Gasteiger partial charge in [0, 0.05) is 14.9 Å². The number of carbonyl (C=O) groups is 1. The van der Waals surface area contributed by atoms with E-state index in [-0.39, 0.29) is 11.9 Å². The Kier molecular flexibility index (Phi) is 4.74. The van der Waals surface area contributed by atoms with Crippen LogP contribution in [0.25, 0.3) is 10.4 Å². The van der Waals surface area contributed by atoms with Gasteiger partial charge in [0.05, 0.1) is 12.8 Å². The first-order valence-electron chi connectivity index (χ1n) is 6.63. The topological polar surface area (TPSA) is 52.3 Å². The number of ether oxygens (including phenoxy) is 1. The molecule has 1 heterocycles. The first kappa shape index (κ1) is 16.0. The van der Waals surface area contributed by atoms with E-state index < -0.39 is 0 Å². The summed E-state index contributed by atoms with van der Waals surface area (Å²) in [5.74, 6) is -0.156. The molecule has 1 aromatic heterocycles. The van der Waals surface area contributed by atoms with Gasteiger partial charge in [-0.05, 0) is 30.0 Å². The number of esters is 1. The minimum Gasteiger partial charge on any atom is -0.465 e. The maximum Gasteiger partial charge on any atom is 0.350 e. The summed E-state index contributed by atoms with van der Waals surface area (Å²) in [5, 5.41) is 0. The number of aryl methyl sites for hydroxylation is 1. The first-order chi connectivity index (χ1) is 9.86. The standard InChI is InChI=1S/C16H18BrNO2S/c1-8(2)12-13(18)15(16(19)20-4)21-14(12)10-6-5-9(3)7-11(10)17/h5-8H,18H2,1-4H3. The molecule has 0 aliphatic heterocycles. The molecule has 0 atom stereocenters. The van der Waals surface area contributed by atoms with Gasteiger partial charge in [0.25, 0.3) is 0 Å². The molecule has 0 aliphatic carbocycles. The van der Waals surface area contributed by atoms with Crippen molar-refractivity contribution in [3.05, 3.63) is 38.7 Å². The molecule has 0 radical (unpaired) electrons. The van der Waals surface area contributed by atoms with Gasteiger partial charge in [0.2, 0.25) is 0 Å². The van der Waals surface area contributed by atoms with E-state index in [2.05, 4.69) is 48.0 Å². The number of nitrogen functional groups attached to an aromatic ring is 1. The first-order valence-corrected chi connectivity index (χ1v) is 8.24. The molecule has 3 nitrogen and oxygen atoms in total.